The van der Waals surface area contributed by atoms with Crippen molar-refractivity contribution in [1.82, 2.24) is 4.90 Å². The van der Waals surface area contributed by atoms with Gasteiger partial charge < -0.3 is 88.1 Å². The average Bonchev–Trinajstić information content (AvgIpc) is 1.04. The molecule has 3 saturated heterocycles. The summed E-state index contributed by atoms with van der Waals surface area (Å²) in [5.41, 5.74) is -8.70. The molecule has 22 atom stereocenters. The third-order valence-electron chi connectivity index (χ3n) is 26.6. The first-order valence-electron chi connectivity index (χ1n) is 40.3. The molecule has 4 bridgehead atoms. The Morgan fingerprint density at radius 3 is 1.37 bits per heavy atom. The van der Waals surface area contributed by atoms with E-state index < -0.39 is 231 Å². The first-order valence-corrected chi connectivity index (χ1v) is 40.3. The molecule has 4 aromatic rings. The molecular weight excluding hydrogens is 1570 g/mol. The second kappa shape index (κ2) is 33.6. The molecule has 7 N–H and O–H groups in total. The van der Waals surface area contributed by atoms with Crippen molar-refractivity contribution in [1.29, 1.82) is 0 Å². The number of hydrogen-bond donors (Lipinski definition) is 6. The zero-order valence-electron chi connectivity index (χ0n) is 71.2. The van der Waals surface area contributed by atoms with Crippen LogP contribution in [0.5, 0.6) is 0 Å². The van der Waals surface area contributed by atoms with Gasteiger partial charge >= 0.3 is 53.8 Å². The Morgan fingerprint density at radius 2 is 0.967 bits per heavy atom. The van der Waals surface area contributed by atoms with Crippen molar-refractivity contribution in [2.75, 3.05) is 13.2 Å². The third-order valence-corrected chi connectivity index (χ3v) is 26.6. The molecule has 13 rings (SSSR count). The maximum Gasteiger partial charge on any atom is 0.413 e. The summed E-state index contributed by atoms with van der Waals surface area (Å²) in [6.07, 6.45) is -17.7. The van der Waals surface area contributed by atoms with E-state index in [2.05, 4.69) is 0 Å². The number of ether oxygens (including phenoxy) is 12. The van der Waals surface area contributed by atoms with Crippen LogP contribution in [0, 0.1) is 39.4 Å². The Morgan fingerprint density at radius 1 is 0.570 bits per heavy atom. The number of benzene rings is 4. The van der Waals surface area contributed by atoms with Crippen LogP contribution in [0.2, 0.25) is 0 Å². The Hall–Kier alpha value is -10.1. The van der Waals surface area contributed by atoms with Gasteiger partial charge in [0.15, 0.2) is 47.2 Å². The Balaban J connectivity index is 0.000000232. The Kier molecular flexibility index (Phi) is 25.4. The molecule has 121 heavy (non-hydrogen) atoms. The van der Waals surface area contributed by atoms with Crippen LogP contribution in [0.3, 0.4) is 0 Å². The lowest BCUT2D eigenvalue weighted by molar-refractivity contribution is -0.346. The smallest absolute Gasteiger partial charge is 0.413 e. The van der Waals surface area contributed by atoms with E-state index in [-0.39, 0.29) is 60.4 Å². The predicted molar refractivity (Wildman–Crippen MR) is 425 cm³/mol. The second-order valence-corrected chi connectivity index (χ2v) is 35.9. The number of rotatable bonds is 15. The average molecular weight is 1680 g/mol. The maximum absolute atomic E-state index is 15.8. The summed E-state index contributed by atoms with van der Waals surface area (Å²) in [5, 5.41) is 57.3. The normalized spacial score (nSPS) is 34.3. The molecule has 3 heterocycles. The van der Waals surface area contributed by atoms with Gasteiger partial charge in [-0.25, -0.2) is 24.0 Å². The van der Waals surface area contributed by atoms with Crippen LogP contribution in [0.4, 0.5) is 4.79 Å². The van der Waals surface area contributed by atoms with Crippen molar-refractivity contribution in [2.24, 2.45) is 45.1 Å². The topological polar surface area (TPSA) is 446 Å². The number of hydrogen-bond acceptors (Lipinski definition) is 29. The molecule has 31 heteroatoms. The van der Waals surface area contributed by atoms with E-state index in [4.69, 9.17) is 72.5 Å². The highest BCUT2D eigenvalue weighted by molar-refractivity contribution is 5.97. The lowest BCUT2D eigenvalue weighted by Gasteiger charge is -2.68. The number of nitrogens with zero attached hydrogens (tertiary/aromatic N) is 1. The van der Waals surface area contributed by atoms with E-state index in [0.29, 0.717) is 16.7 Å². The largest absolute Gasteiger partial charge is 0.483 e. The van der Waals surface area contributed by atoms with Crippen LogP contribution in [0.15, 0.2) is 144 Å². The fourth-order valence-corrected chi connectivity index (χ4v) is 20.5. The van der Waals surface area contributed by atoms with Gasteiger partial charge in [0.25, 0.3) is 6.47 Å². The van der Waals surface area contributed by atoms with Gasteiger partial charge in [-0.1, -0.05) is 139 Å². The van der Waals surface area contributed by atoms with Gasteiger partial charge in [0.1, 0.15) is 65.2 Å². The van der Waals surface area contributed by atoms with E-state index in [1.54, 1.807) is 192 Å². The van der Waals surface area contributed by atoms with Crippen molar-refractivity contribution in [3.63, 3.8) is 0 Å². The highest BCUT2D eigenvalue weighted by Crippen LogP contribution is 2.68. The van der Waals surface area contributed by atoms with Gasteiger partial charge in [-0.15, -0.1) is 0 Å². The van der Waals surface area contributed by atoms with Crippen molar-refractivity contribution >= 4 is 71.9 Å². The first kappa shape index (κ1) is 91.6. The number of carbonyl (C=O) groups excluding carboxylic acids is 11. The molecule has 6 aliphatic carbocycles. The molecule has 3 aliphatic heterocycles. The van der Waals surface area contributed by atoms with Crippen molar-refractivity contribution in [3.05, 3.63) is 166 Å². The van der Waals surface area contributed by atoms with E-state index in [0.717, 1.165) is 13.8 Å². The minimum atomic E-state index is -2.32. The van der Waals surface area contributed by atoms with Crippen LogP contribution < -0.4 is 5.73 Å². The zero-order valence-corrected chi connectivity index (χ0v) is 71.2. The van der Waals surface area contributed by atoms with E-state index in [1.165, 1.54) is 37.8 Å². The second-order valence-electron chi connectivity index (χ2n) is 35.9. The molecule has 31 nitrogen and oxygen atoms in total. The molecule has 9 aliphatic rings. The first-order chi connectivity index (χ1) is 56.4. The van der Waals surface area contributed by atoms with Crippen LogP contribution in [0.1, 0.15) is 194 Å². The minimum Gasteiger partial charge on any atom is -0.483 e. The van der Waals surface area contributed by atoms with Crippen LogP contribution >= 0.6 is 0 Å². The fraction of sp³-hybridized carbons (Fsp3) is 0.556. The Bertz CT molecular complexity index is 4750. The van der Waals surface area contributed by atoms with Gasteiger partial charge in [0.2, 0.25) is 0 Å². The summed E-state index contributed by atoms with van der Waals surface area (Å²) >= 11 is 0. The Labute approximate surface area is 701 Å². The van der Waals surface area contributed by atoms with Crippen molar-refractivity contribution < 1.29 is 140 Å². The number of fused-ring (bicyclic) bond motifs is 10. The number of amides is 1. The number of Topliss-reactive ketones (excluding diaryl/α,β-unsaturated/α-hetero) is 2. The highest BCUT2D eigenvalue weighted by Gasteiger charge is 2.81. The predicted octanol–water partition coefficient (Wildman–Crippen LogP) is 8.56. The highest BCUT2D eigenvalue weighted by atomic mass is 16.7. The number of ketones is 2. The van der Waals surface area contributed by atoms with Gasteiger partial charge in [-0.3, -0.25) is 38.5 Å². The van der Waals surface area contributed by atoms with Crippen LogP contribution in [-0.2, 0) is 100.0 Å². The van der Waals surface area contributed by atoms with Crippen LogP contribution in [0.25, 0.3) is 0 Å². The maximum atomic E-state index is 15.8. The fourth-order valence-electron chi connectivity index (χ4n) is 20.5. The van der Waals surface area contributed by atoms with E-state index in [9.17, 15) is 63.6 Å². The van der Waals surface area contributed by atoms with Crippen molar-refractivity contribution in [3.8, 4) is 0 Å². The number of nitrogens with two attached hydrogens (primary N) is 1. The summed E-state index contributed by atoms with van der Waals surface area (Å²) in [6.45, 7) is 27.0. The molecular formula is C90H110N2O29. The molecule has 0 aromatic heterocycles. The molecule has 0 spiro atoms. The number of aliphatic hydroxyl groups is 4. The molecule has 1 amide bonds. The summed E-state index contributed by atoms with van der Waals surface area (Å²) in [4.78, 5) is 164. The summed E-state index contributed by atoms with van der Waals surface area (Å²) in [5.74, 6) is -11.6. The summed E-state index contributed by atoms with van der Waals surface area (Å²) in [6, 6.07) is 31.0. The van der Waals surface area contributed by atoms with Crippen LogP contribution in [-0.4, -0.2) is 216 Å². The van der Waals surface area contributed by atoms with E-state index >= 15 is 9.59 Å². The minimum absolute atomic E-state index is 0.0391. The number of carboxylic acid groups (broad SMARTS) is 1. The van der Waals surface area contributed by atoms with Gasteiger partial charge in [0, 0.05) is 63.2 Å². The molecule has 2 unspecified atom stereocenters. The van der Waals surface area contributed by atoms with Gasteiger partial charge in [-0.05, 0) is 125 Å². The quantitative estimate of drug-likeness (QED) is 0.0281. The number of carbonyl (C=O) groups is 12. The molecule has 7 fully saturated rings. The molecule has 4 aromatic carbocycles. The number of esters is 8. The third kappa shape index (κ3) is 15.9. The standard InChI is InChI=1S/C49H61NO14.C40H47NO13.CH2O2/c1-26-23-33-48(25-58-33,62-29(4)52)38-40(61-41(54)31-21-17-14-18-22-31)49(57)24-32(27(2)34(45(49,8)9)36(59-28(3)51)39(53)47(26,38)12)60-42(55)37-35(30-19-15-13-16-20-30)50(46(10,11)63-37)43(56)64-44(5,6)7;1-20-25(52-36(48)30(45)29(41)23-13-9-7-10-14-23)18-40(49)34(53-35(47)24-15-11-8-12-16-24)32-38(6,26(44)17-27-39(32,19-50-27)54-22(3)43)33(46)31(51-21(2)42)28(20)37(40,4)5;2-1-3/h13-22,26,32-33,35-38,40,57H,23-25H2,1-12H3;7-16,25-27,29-32,34,44-45,49H,17-19,41H2,1-6H3;1H,(H,2,3)/t26-,32-,33+,35+,36+,37+,38?,40-,47+,48-,49+;25-,26-,27+,29-,30+,31+,32?,34-,38+,39-,40+;/m00./s1. The summed E-state index contributed by atoms with van der Waals surface area (Å²) in [7, 11) is 0. The lowest BCUT2D eigenvalue weighted by atomic mass is 9.43. The number of aliphatic hydroxyl groups excluding tert-OH is 2. The van der Waals surface area contributed by atoms with Gasteiger partial charge in [0.05, 0.1) is 53.7 Å². The van der Waals surface area contributed by atoms with E-state index in [1.807, 2.05) is 6.92 Å². The molecule has 654 valence electrons. The monoisotopic (exact) mass is 1680 g/mol. The van der Waals surface area contributed by atoms with Gasteiger partial charge in [-0.2, -0.15) is 0 Å². The van der Waals surface area contributed by atoms with Crippen molar-refractivity contribution in [2.45, 2.75) is 263 Å². The molecule has 4 saturated carbocycles. The zero-order chi connectivity index (χ0) is 89.4. The molecule has 0 radical (unpaired) electrons. The SMILES string of the molecule is CC(=O)O[C@H]1C(=O)[C@@]2(C)C([C@H](OC(=O)c3ccccc3)[C@]3(O)C[C@H](OC(=O)[C@@H]4OC(C)(C)N(C(=O)OC(C)(C)C)[C@@H]4c4ccccc4)C(C)=C1C3(C)C)[C@]1(OC(C)=O)CO[C@@H]1C[C@@H]2C.CC(=O)O[C@H]1C(=O)[C@@]2(C)C([C@H](OC(=O)c3ccccc3)[C@]3(O)C[C@H](OC(=O)[C@H](O)[C@@H](N)c4ccccc4)C(C)=C1C3(C)C)[C@]1(OC(C)=O)CO[C@@H]1C[C@@H]2O.O=CO. The lowest BCUT2D eigenvalue weighted by Crippen LogP contribution is -2.82. The summed E-state index contributed by atoms with van der Waals surface area (Å²) < 4.78 is 73.5.